The number of aryl methyl sites for hydroxylation is 1. The van der Waals surface area contributed by atoms with Gasteiger partial charge in [0.2, 0.25) is 0 Å². The molecule has 4 rings (SSSR count). The molecular weight excluding hydrogens is 310 g/mol. The fourth-order valence-electron chi connectivity index (χ4n) is 3.55. The molecule has 1 aromatic heterocycles. The number of hydrogen-bond acceptors (Lipinski definition) is 4. The Balaban J connectivity index is 1.20. The molecular formula is C20H25N5. The Morgan fingerprint density at radius 2 is 1.48 bits per heavy atom. The van der Waals surface area contributed by atoms with Crippen LogP contribution in [-0.2, 0) is 6.54 Å². The average Bonchev–Trinajstić information content (AvgIpc) is 3.10. The van der Waals surface area contributed by atoms with Crippen LogP contribution in [0.4, 0.5) is 5.69 Å². The van der Waals surface area contributed by atoms with Crippen LogP contribution in [0.25, 0.3) is 11.0 Å². The van der Waals surface area contributed by atoms with Gasteiger partial charge in [0.1, 0.15) is 5.52 Å². The Hall–Kier alpha value is -2.40. The molecule has 1 aliphatic rings. The van der Waals surface area contributed by atoms with Gasteiger partial charge in [0.15, 0.2) is 0 Å². The Morgan fingerprint density at radius 3 is 2.32 bits per heavy atom. The fraction of sp³-hybridized carbons (Fsp3) is 0.400. The number of aromatic nitrogens is 3. The second kappa shape index (κ2) is 7.66. The first-order chi connectivity index (χ1) is 12.4. The number of rotatable bonds is 6. The predicted molar refractivity (Wildman–Crippen MR) is 102 cm³/mol. The van der Waals surface area contributed by atoms with Crippen LogP contribution in [0, 0.1) is 0 Å². The van der Waals surface area contributed by atoms with Gasteiger partial charge in [-0.1, -0.05) is 35.5 Å². The highest BCUT2D eigenvalue weighted by molar-refractivity contribution is 5.73. The first-order valence-corrected chi connectivity index (χ1v) is 9.21. The smallest absolute Gasteiger partial charge is 0.113 e. The lowest BCUT2D eigenvalue weighted by molar-refractivity contribution is 0.251. The van der Waals surface area contributed by atoms with Gasteiger partial charge in [0.05, 0.1) is 5.52 Å². The third-order valence-corrected chi connectivity index (χ3v) is 5.01. The molecule has 0 spiro atoms. The lowest BCUT2D eigenvalue weighted by Crippen LogP contribution is -2.46. The molecule has 0 aliphatic carbocycles. The Morgan fingerprint density at radius 1 is 0.760 bits per heavy atom. The molecule has 5 nitrogen and oxygen atoms in total. The van der Waals surface area contributed by atoms with Crippen molar-refractivity contribution in [2.45, 2.75) is 19.4 Å². The first kappa shape index (κ1) is 16.1. The molecule has 1 saturated heterocycles. The second-order valence-electron chi connectivity index (χ2n) is 6.67. The molecule has 0 radical (unpaired) electrons. The third-order valence-electron chi connectivity index (χ3n) is 5.01. The SMILES string of the molecule is c1ccc(N2CCN(CCCCn3nnc4ccccc43)CC2)cc1. The van der Waals surface area contributed by atoms with Gasteiger partial charge in [-0.15, -0.1) is 5.10 Å². The van der Waals surface area contributed by atoms with Gasteiger partial charge in [-0.05, 0) is 43.7 Å². The molecule has 0 bridgehead atoms. The maximum atomic E-state index is 4.27. The number of hydrogen-bond donors (Lipinski definition) is 0. The highest BCUT2D eigenvalue weighted by Gasteiger charge is 2.16. The molecule has 0 N–H and O–H groups in total. The second-order valence-corrected chi connectivity index (χ2v) is 6.67. The number of benzene rings is 2. The molecule has 1 aliphatic heterocycles. The third kappa shape index (κ3) is 3.82. The maximum Gasteiger partial charge on any atom is 0.113 e. The van der Waals surface area contributed by atoms with E-state index >= 15 is 0 Å². The quantitative estimate of drug-likeness (QED) is 0.649. The number of nitrogens with zero attached hydrogens (tertiary/aromatic N) is 5. The summed E-state index contributed by atoms with van der Waals surface area (Å²) in [7, 11) is 0. The summed E-state index contributed by atoms with van der Waals surface area (Å²) in [5.74, 6) is 0. The summed E-state index contributed by atoms with van der Waals surface area (Å²) in [5.41, 5.74) is 3.47. The minimum absolute atomic E-state index is 0.949. The maximum absolute atomic E-state index is 4.27. The van der Waals surface area contributed by atoms with Crippen molar-refractivity contribution >= 4 is 16.7 Å². The first-order valence-electron chi connectivity index (χ1n) is 9.21. The average molecular weight is 335 g/mol. The summed E-state index contributed by atoms with van der Waals surface area (Å²) in [4.78, 5) is 5.07. The minimum Gasteiger partial charge on any atom is -0.369 e. The van der Waals surface area contributed by atoms with Crippen LogP contribution in [0.3, 0.4) is 0 Å². The van der Waals surface area contributed by atoms with Gasteiger partial charge in [0.25, 0.3) is 0 Å². The van der Waals surface area contributed by atoms with E-state index in [0.717, 1.165) is 50.2 Å². The van der Waals surface area contributed by atoms with Crippen LogP contribution >= 0.6 is 0 Å². The zero-order valence-electron chi connectivity index (χ0n) is 14.6. The molecule has 5 heteroatoms. The summed E-state index contributed by atoms with van der Waals surface area (Å²) in [6.07, 6.45) is 2.35. The van der Waals surface area contributed by atoms with Crippen LogP contribution < -0.4 is 4.90 Å². The van der Waals surface area contributed by atoms with Gasteiger partial charge in [0, 0.05) is 38.4 Å². The predicted octanol–water partition coefficient (Wildman–Crippen LogP) is 3.03. The normalized spacial score (nSPS) is 15.8. The van der Waals surface area contributed by atoms with Crippen molar-refractivity contribution in [3.63, 3.8) is 0 Å². The molecule has 130 valence electrons. The van der Waals surface area contributed by atoms with Crippen molar-refractivity contribution in [2.24, 2.45) is 0 Å². The van der Waals surface area contributed by atoms with Crippen LogP contribution in [0.1, 0.15) is 12.8 Å². The van der Waals surface area contributed by atoms with Crippen LogP contribution in [0.15, 0.2) is 54.6 Å². The van der Waals surface area contributed by atoms with Gasteiger partial charge >= 0.3 is 0 Å². The van der Waals surface area contributed by atoms with Crippen molar-refractivity contribution in [1.82, 2.24) is 19.9 Å². The monoisotopic (exact) mass is 335 g/mol. The van der Waals surface area contributed by atoms with Crippen LogP contribution in [-0.4, -0.2) is 52.6 Å². The molecule has 2 aromatic carbocycles. The van der Waals surface area contributed by atoms with E-state index < -0.39 is 0 Å². The molecule has 0 atom stereocenters. The lowest BCUT2D eigenvalue weighted by Gasteiger charge is -2.36. The summed E-state index contributed by atoms with van der Waals surface area (Å²) in [6, 6.07) is 18.9. The van der Waals surface area contributed by atoms with Crippen molar-refractivity contribution in [3.05, 3.63) is 54.6 Å². The fourth-order valence-corrected chi connectivity index (χ4v) is 3.55. The molecule has 0 amide bonds. The molecule has 3 aromatic rings. The van der Waals surface area contributed by atoms with E-state index in [1.165, 1.54) is 18.7 Å². The molecule has 1 fully saturated rings. The van der Waals surface area contributed by atoms with E-state index in [1.807, 2.05) is 16.8 Å². The lowest BCUT2D eigenvalue weighted by atomic mass is 10.2. The summed E-state index contributed by atoms with van der Waals surface area (Å²) in [6.45, 7) is 6.68. The van der Waals surface area contributed by atoms with Gasteiger partial charge in [-0.2, -0.15) is 0 Å². The molecule has 0 saturated carbocycles. The van der Waals surface area contributed by atoms with Gasteiger partial charge in [-0.3, -0.25) is 4.90 Å². The van der Waals surface area contributed by atoms with E-state index in [4.69, 9.17) is 0 Å². The van der Waals surface area contributed by atoms with Gasteiger partial charge in [-0.25, -0.2) is 4.68 Å². The Labute approximate surface area is 148 Å². The van der Waals surface area contributed by atoms with Crippen LogP contribution in [0.5, 0.6) is 0 Å². The number of unbranched alkanes of at least 4 members (excludes halogenated alkanes) is 1. The molecule has 2 heterocycles. The van der Waals surface area contributed by atoms with Crippen LogP contribution in [0.2, 0.25) is 0 Å². The summed E-state index contributed by atoms with van der Waals surface area (Å²) < 4.78 is 2.03. The number of anilines is 1. The molecule has 0 unspecified atom stereocenters. The van der Waals surface area contributed by atoms with Crippen molar-refractivity contribution < 1.29 is 0 Å². The Bertz CT molecular complexity index is 790. The zero-order valence-corrected chi connectivity index (χ0v) is 14.6. The number of piperazine rings is 1. The largest absolute Gasteiger partial charge is 0.369 e. The van der Waals surface area contributed by atoms with Crippen molar-refractivity contribution in [1.29, 1.82) is 0 Å². The minimum atomic E-state index is 0.949. The highest BCUT2D eigenvalue weighted by atomic mass is 15.4. The van der Waals surface area contributed by atoms with E-state index in [9.17, 15) is 0 Å². The zero-order chi connectivity index (χ0) is 16.9. The van der Waals surface area contributed by atoms with Crippen molar-refractivity contribution in [3.8, 4) is 0 Å². The summed E-state index contributed by atoms with van der Waals surface area (Å²) in [5, 5.41) is 8.49. The van der Waals surface area contributed by atoms with E-state index in [-0.39, 0.29) is 0 Å². The van der Waals surface area contributed by atoms with E-state index in [0.29, 0.717) is 0 Å². The summed E-state index contributed by atoms with van der Waals surface area (Å²) >= 11 is 0. The number of fused-ring (bicyclic) bond motifs is 1. The molecule has 25 heavy (non-hydrogen) atoms. The Kier molecular flexibility index (Phi) is 4.93. The van der Waals surface area contributed by atoms with E-state index in [2.05, 4.69) is 62.6 Å². The van der Waals surface area contributed by atoms with Crippen molar-refractivity contribution in [2.75, 3.05) is 37.6 Å². The van der Waals surface area contributed by atoms with E-state index in [1.54, 1.807) is 0 Å². The van der Waals surface area contributed by atoms with Gasteiger partial charge < -0.3 is 4.90 Å². The standard InChI is InChI=1S/C20H25N5/c1-2-8-18(9-3-1)24-16-14-23(15-17-24)12-6-7-13-25-20-11-5-4-10-19(20)21-22-25/h1-5,8-11H,6-7,12-17H2. The highest BCUT2D eigenvalue weighted by Crippen LogP contribution is 2.16. The number of para-hydroxylation sites is 2. The topological polar surface area (TPSA) is 37.2 Å².